The average molecular weight is 322 g/mol. The van der Waals surface area contributed by atoms with Gasteiger partial charge in [0.05, 0.1) is 18.8 Å². The van der Waals surface area contributed by atoms with Crippen LogP contribution >= 0.6 is 0 Å². The van der Waals surface area contributed by atoms with E-state index in [0.717, 1.165) is 18.4 Å². The first-order chi connectivity index (χ1) is 11.7. The molecule has 1 aliphatic carbocycles. The Balaban J connectivity index is 1.80. The maximum atomic E-state index is 12.5. The molecular formula is C20H22N2O2. The van der Waals surface area contributed by atoms with E-state index in [1.54, 1.807) is 7.11 Å². The summed E-state index contributed by atoms with van der Waals surface area (Å²) in [5, 5.41) is 0. The zero-order valence-electron chi connectivity index (χ0n) is 13.8. The van der Waals surface area contributed by atoms with Crippen LogP contribution in [0.2, 0.25) is 0 Å². The molecule has 2 bridgehead atoms. The van der Waals surface area contributed by atoms with Crippen molar-refractivity contribution in [3.8, 4) is 5.75 Å². The van der Waals surface area contributed by atoms with Crippen molar-refractivity contribution in [3.63, 3.8) is 0 Å². The number of benzene rings is 2. The minimum absolute atomic E-state index is 0.0444. The van der Waals surface area contributed by atoms with Gasteiger partial charge in [0.1, 0.15) is 11.5 Å². The third kappa shape index (κ3) is 2.33. The highest BCUT2D eigenvalue weighted by molar-refractivity contribution is 5.86. The molecule has 0 amide bonds. The number of nitrogens with two attached hydrogens (primary N) is 1. The number of ketones is 1. The fraction of sp³-hybridized carbons (Fsp3) is 0.350. The van der Waals surface area contributed by atoms with Crippen molar-refractivity contribution in [2.45, 2.75) is 31.3 Å². The number of piperidine rings is 2. The van der Waals surface area contributed by atoms with Gasteiger partial charge in [0.25, 0.3) is 0 Å². The molecule has 24 heavy (non-hydrogen) atoms. The third-order valence-corrected chi connectivity index (χ3v) is 5.39. The van der Waals surface area contributed by atoms with E-state index in [1.807, 2.05) is 24.3 Å². The van der Waals surface area contributed by atoms with Gasteiger partial charge >= 0.3 is 0 Å². The Morgan fingerprint density at radius 2 is 1.92 bits per heavy atom. The van der Waals surface area contributed by atoms with Crippen LogP contribution in [0.15, 0.2) is 48.5 Å². The summed E-state index contributed by atoms with van der Waals surface area (Å²) in [5.74, 6) is 1.11. The highest BCUT2D eigenvalue weighted by Crippen LogP contribution is 2.48. The molecule has 2 saturated heterocycles. The fourth-order valence-corrected chi connectivity index (χ4v) is 4.31. The summed E-state index contributed by atoms with van der Waals surface area (Å²) in [6.07, 6.45) is 2.69. The minimum Gasteiger partial charge on any atom is -0.495 e. The zero-order chi connectivity index (χ0) is 16.7. The first kappa shape index (κ1) is 15.1. The van der Waals surface area contributed by atoms with Gasteiger partial charge < -0.3 is 15.4 Å². The molecule has 2 aliphatic heterocycles. The number of carbonyl (C=O) groups excluding carboxylic acids is 1. The zero-order valence-corrected chi connectivity index (χ0v) is 13.8. The van der Waals surface area contributed by atoms with Gasteiger partial charge in [-0.3, -0.25) is 4.79 Å². The van der Waals surface area contributed by atoms with E-state index in [0.29, 0.717) is 23.6 Å². The van der Waals surface area contributed by atoms with Crippen LogP contribution in [0.25, 0.3) is 0 Å². The van der Waals surface area contributed by atoms with Crippen LogP contribution in [-0.2, 0) is 4.79 Å². The largest absolute Gasteiger partial charge is 0.495 e. The van der Waals surface area contributed by atoms with Crippen molar-refractivity contribution in [2.24, 2.45) is 5.92 Å². The lowest BCUT2D eigenvalue weighted by molar-refractivity contribution is -0.128. The number of para-hydroxylation sites is 1. The Morgan fingerprint density at radius 3 is 2.58 bits per heavy atom. The maximum Gasteiger partial charge on any atom is 0.141 e. The van der Waals surface area contributed by atoms with Gasteiger partial charge in [-0.1, -0.05) is 24.3 Å². The second-order valence-electron chi connectivity index (χ2n) is 6.70. The number of hydrogen-bond donors (Lipinski definition) is 1. The molecule has 2 N–H and O–H groups in total. The topological polar surface area (TPSA) is 55.6 Å². The Kier molecular flexibility index (Phi) is 3.68. The van der Waals surface area contributed by atoms with Crippen LogP contribution in [0.1, 0.15) is 30.9 Å². The first-order valence-electron chi connectivity index (χ1n) is 8.48. The number of hydrogen-bond acceptors (Lipinski definition) is 4. The lowest BCUT2D eigenvalue weighted by atomic mass is 9.71. The molecule has 2 aromatic rings. The molecule has 1 saturated carbocycles. The maximum absolute atomic E-state index is 12.5. The molecule has 4 heteroatoms. The van der Waals surface area contributed by atoms with E-state index >= 15 is 0 Å². The van der Waals surface area contributed by atoms with Crippen LogP contribution in [-0.4, -0.2) is 18.9 Å². The summed E-state index contributed by atoms with van der Waals surface area (Å²) in [4.78, 5) is 15.0. The Labute approximate surface area is 142 Å². The molecule has 5 rings (SSSR count). The lowest BCUT2D eigenvalue weighted by Crippen LogP contribution is -2.54. The molecule has 3 unspecified atom stereocenters. The number of rotatable bonds is 3. The monoisotopic (exact) mass is 322 g/mol. The van der Waals surface area contributed by atoms with Gasteiger partial charge in [-0.15, -0.1) is 0 Å². The van der Waals surface area contributed by atoms with E-state index in [9.17, 15) is 4.79 Å². The van der Waals surface area contributed by atoms with E-state index in [4.69, 9.17) is 10.5 Å². The van der Waals surface area contributed by atoms with Crippen molar-refractivity contribution in [3.05, 3.63) is 54.1 Å². The predicted molar refractivity (Wildman–Crippen MR) is 95.2 cm³/mol. The molecule has 0 spiro atoms. The van der Waals surface area contributed by atoms with Crippen LogP contribution in [0.5, 0.6) is 5.75 Å². The van der Waals surface area contributed by atoms with Gasteiger partial charge in [-0.05, 0) is 42.7 Å². The normalized spacial score (nSPS) is 25.8. The summed E-state index contributed by atoms with van der Waals surface area (Å²) in [5.41, 5.74) is 9.03. The molecule has 2 aromatic carbocycles. The second kappa shape index (κ2) is 5.86. The third-order valence-electron chi connectivity index (χ3n) is 5.39. The number of nitrogens with zero attached hydrogens (tertiary/aromatic N) is 1. The van der Waals surface area contributed by atoms with Crippen LogP contribution < -0.4 is 15.4 Å². The number of nitrogen functional groups attached to an aromatic ring is 1. The van der Waals surface area contributed by atoms with Gasteiger partial charge in [0.15, 0.2) is 0 Å². The number of ether oxygens (including phenoxy) is 1. The standard InChI is InChI=1S/C20H22N2O2/c1-24-19-10-7-13(11-17(19)21)20-16-9-8-15(12-18(16)23)22(20)14-5-3-2-4-6-14/h2-7,10-11,15-16,20H,8-9,12,21H2,1H3. The molecule has 3 fully saturated rings. The Bertz CT molecular complexity index is 759. The Morgan fingerprint density at radius 1 is 1.12 bits per heavy atom. The molecule has 0 radical (unpaired) electrons. The molecule has 2 heterocycles. The second-order valence-corrected chi connectivity index (χ2v) is 6.70. The number of anilines is 2. The quantitative estimate of drug-likeness (QED) is 0.878. The molecule has 4 nitrogen and oxygen atoms in total. The van der Waals surface area contributed by atoms with Gasteiger partial charge in [0, 0.05) is 24.1 Å². The molecule has 3 aliphatic rings. The van der Waals surface area contributed by atoms with Crippen molar-refractivity contribution in [2.75, 3.05) is 17.7 Å². The summed E-state index contributed by atoms with van der Waals surface area (Å²) < 4.78 is 5.28. The van der Waals surface area contributed by atoms with Crippen molar-refractivity contribution in [1.82, 2.24) is 0 Å². The average Bonchev–Trinajstić information content (AvgIpc) is 2.62. The fourth-order valence-electron chi connectivity index (χ4n) is 4.31. The van der Waals surface area contributed by atoms with Gasteiger partial charge in [-0.25, -0.2) is 0 Å². The highest BCUT2D eigenvalue weighted by Gasteiger charge is 2.47. The SMILES string of the molecule is COc1ccc(C2C3CCC(CC3=O)N2c2ccccc2)cc1N. The van der Waals surface area contributed by atoms with Crippen LogP contribution in [0, 0.1) is 5.92 Å². The lowest BCUT2D eigenvalue weighted by Gasteiger charge is -2.52. The minimum atomic E-state index is 0.0444. The number of methoxy groups -OCH3 is 1. The van der Waals surface area contributed by atoms with E-state index < -0.39 is 0 Å². The van der Waals surface area contributed by atoms with E-state index in [2.05, 4.69) is 29.2 Å². The summed E-state index contributed by atoms with van der Waals surface area (Å²) >= 11 is 0. The van der Waals surface area contributed by atoms with Gasteiger partial charge in [0.2, 0.25) is 0 Å². The highest BCUT2D eigenvalue weighted by atomic mass is 16.5. The number of fused-ring (bicyclic) bond motifs is 3. The number of carbonyl (C=O) groups is 1. The van der Waals surface area contributed by atoms with Crippen molar-refractivity contribution < 1.29 is 9.53 Å². The summed E-state index contributed by atoms with van der Waals surface area (Å²) in [6.45, 7) is 0. The smallest absolute Gasteiger partial charge is 0.141 e. The van der Waals surface area contributed by atoms with Crippen molar-refractivity contribution >= 4 is 17.2 Å². The molecule has 0 aromatic heterocycles. The van der Waals surface area contributed by atoms with Crippen molar-refractivity contribution in [1.29, 1.82) is 0 Å². The number of Topliss-reactive ketones (excluding diaryl/α,β-unsaturated/α-hetero) is 1. The van der Waals surface area contributed by atoms with Crippen LogP contribution in [0.4, 0.5) is 11.4 Å². The summed E-state index contributed by atoms with van der Waals surface area (Å²) in [6, 6.07) is 16.6. The van der Waals surface area contributed by atoms with Gasteiger partial charge in [-0.2, -0.15) is 0 Å². The Hall–Kier alpha value is -2.49. The first-order valence-corrected chi connectivity index (χ1v) is 8.48. The van der Waals surface area contributed by atoms with E-state index in [1.165, 1.54) is 5.69 Å². The van der Waals surface area contributed by atoms with Crippen LogP contribution in [0.3, 0.4) is 0 Å². The molecule has 3 atom stereocenters. The van der Waals surface area contributed by atoms with E-state index in [-0.39, 0.29) is 18.0 Å². The predicted octanol–water partition coefficient (Wildman–Crippen LogP) is 3.58. The summed E-state index contributed by atoms with van der Waals surface area (Å²) in [7, 11) is 1.62. The molecule has 124 valence electrons. The molecular weight excluding hydrogens is 300 g/mol.